The molecule has 2 heterocycles. The third-order valence-corrected chi connectivity index (χ3v) is 4.18. The maximum Gasteiger partial charge on any atom is 0.243 e. The van der Waals surface area contributed by atoms with Crippen LogP contribution in [0.2, 0.25) is 5.02 Å². The van der Waals surface area contributed by atoms with Crippen LogP contribution in [0.4, 0.5) is 5.69 Å². The van der Waals surface area contributed by atoms with Crippen LogP contribution in [0, 0.1) is 5.92 Å². The fourth-order valence-electron chi connectivity index (χ4n) is 2.59. The maximum absolute atomic E-state index is 11.4. The summed E-state index contributed by atoms with van der Waals surface area (Å²) in [7, 11) is 0. The van der Waals surface area contributed by atoms with E-state index < -0.39 is 0 Å². The Morgan fingerprint density at radius 2 is 2.14 bits per heavy atom. The molecular weight excluding hydrogens is 290 g/mol. The highest BCUT2D eigenvalue weighted by atomic mass is 35.5. The smallest absolute Gasteiger partial charge is 0.243 e. The van der Waals surface area contributed by atoms with Gasteiger partial charge in [-0.1, -0.05) is 24.6 Å². The lowest BCUT2D eigenvalue weighted by molar-refractivity contribution is -0.124. The first-order chi connectivity index (χ1) is 10.1. The molecule has 0 saturated carbocycles. The molecule has 0 unspecified atom stereocenters. The van der Waals surface area contributed by atoms with E-state index in [-0.39, 0.29) is 11.8 Å². The van der Waals surface area contributed by atoms with Crippen LogP contribution >= 0.6 is 11.6 Å². The molecule has 2 aliphatic rings. The monoisotopic (exact) mass is 307 g/mol. The van der Waals surface area contributed by atoms with Crippen LogP contribution in [-0.2, 0) is 9.53 Å². The van der Waals surface area contributed by atoms with Gasteiger partial charge in [-0.15, -0.1) is 0 Å². The molecule has 1 aromatic carbocycles. The van der Waals surface area contributed by atoms with E-state index >= 15 is 0 Å². The van der Waals surface area contributed by atoms with Gasteiger partial charge in [-0.05, 0) is 17.7 Å². The highest BCUT2D eigenvalue weighted by Crippen LogP contribution is 2.29. The Morgan fingerprint density at radius 3 is 2.81 bits per heavy atom. The van der Waals surface area contributed by atoms with Crippen molar-refractivity contribution in [1.29, 1.82) is 0 Å². The summed E-state index contributed by atoms with van der Waals surface area (Å²) in [5.41, 5.74) is 5.42. The van der Waals surface area contributed by atoms with Crippen molar-refractivity contribution in [3.63, 3.8) is 0 Å². The summed E-state index contributed by atoms with van der Waals surface area (Å²) in [6.07, 6.45) is 0.638. The summed E-state index contributed by atoms with van der Waals surface area (Å²) in [6, 6.07) is 5.96. The van der Waals surface area contributed by atoms with Gasteiger partial charge in [-0.2, -0.15) is 5.10 Å². The lowest BCUT2D eigenvalue weighted by atomic mass is 9.97. The summed E-state index contributed by atoms with van der Waals surface area (Å²) >= 11 is 6.42. The van der Waals surface area contributed by atoms with Gasteiger partial charge in [0.1, 0.15) is 0 Å². The number of hydrogen-bond acceptors (Lipinski definition) is 4. The van der Waals surface area contributed by atoms with Gasteiger partial charge in [0.25, 0.3) is 0 Å². The van der Waals surface area contributed by atoms with Crippen molar-refractivity contribution >= 4 is 28.9 Å². The van der Waals surface area contributed by atoms with Gasteiger partial charge < -0.3 is 9.64 Å². The van der Waals surface area contributed by atoms with E-state index in [1.54, 1.807) is 0 Å². The van der Waals surface area contributed by atoms with Crippen LogP contribution < -0.4 is 10.3 Å². The second kappa shape index (κ2) is 6.03. The van der Waals surface area contributed by atoms with Crippen molar-refractivity contribution in [3.05, 3.63) is 28.8 Å². The number of anilines is 1. The molecule has 5 nitrogen and oxygen atoms in total. The molecule has 2 aliphatic heterocycles. The zero-order valence-corrected chi connectivity index (χ0v) is 12.7. The predicted octanol–water partition coefficient (Wildman–Crippen LogP) is 2.04. The molecule has 1 fully saturated rings. The first-order valence-electron chi connectivity index (χ1n) is 7.14. The average molecular weight is 308 g/mol. The van der Waals surface area contributed by atoms with E-state index in [1.165, 1.54) is 0 Å². The Morgan fingerprint density at radius 1 is 1.38 bits per heavy atom. The number of ether oxygens (including phenoxy) is 1. The molecule has 21 heavy (non-hydrogen) atoms. The van der Waals surface area contributed by atoms with Crippen molar-refractivity contribution in [1.82, 2.24) is 5.43 Å². The summed E-state index contributed by atoms with van der Waals surface area (Å²) < 4.78 is 5.36. The number of halogens is 1. The van der Waals surface area contributed by atoms with Crippen LogP contribution in [0.1, 0.15) is 18.9 Å². The molecule has 0 bridgehead atoms. The van der Waals surface area contributed by atoms with Crippen molar-refractivity contribution in [2.75, 3.05) is 31.2 Å². The Bertz CT molecular complexity index is 582. The first-order valence-corrected chi connectivity index (χ1v) is 7.52. The highest BCUT2D eigenvalue weighted by Gasteiger charge is 2.22. The molecule has 1 N–H and O–H groups in total. The van der Waals surface area contributed by atoms with Gasteiger partial charge in [-0.3, -0.25) is 4.79 Å². The minimum atomic E-state index is -0.0600. The van der Waals surface area contributed by atoms with Crippen LogP contribution in [0.3, 0.4) is 0 Å². The molecule has 1 aromatic rings. The van der Waals surface area contributed by atoms with Gasteiger partial charge in [0.2, 0.25) is 5.91 Å². The topological polar surface area (TPSA) is 53.9 Å². The summed E-state index contributed by atoms with van der Waals surface area (Å²) in [5.74, 6) is -0.0926. The van der Waals surface area contributed by atoms with Crippen molar-refractivity contribution in [2.24, 2.45) is 11.0 Å². The second-order valence-electron chi connectivity index (χ2n) is 5.41. The molecule has 1 saturated heterocycles. The van der Waals surface area contributed by atoms with Gasteiger partial charge in [-0.25, -0.2) is 5.43 Å². The van der Waals surface area contributed by atoms with Crippen LogP contribution in [0.5, 0.6) is 0 Å². The SMILES string of the molecule is C[C@H]1CC(c2ccc(N3CCOCC3)c(Cl)c2)=NNC1=O. The molecular formula is C15H18ClN3O2. The van der Waals surface area contributed by atoms with Gasteiger partial charge in [0.05, 0.1) is 29.6 Å². The number of rotatable bonds is 2. The van der Waals surface area contributed by atoms with E-state index in [9.17, 15) is 4.79 Å². The lowest BCUT2D eigenvalue weighted by Gasteiger charge is -2.30. The normalized spacial score (nSPS) is 22.8. The standard InChI is InChI=1S/C15H18ClN3O2/c1-10-8-13(17-18-15(10)20)11-2-3-14(12(16)9-11)19-4-6-21-7-5-19/h2-3,9-10H,4-8H2,1H3,(H,18,20)/t10-/m0/s1. The molecule has 0 radical (unpaired) electrons. The van der Waals surface area contributed by atoms with Gasteiger partial charge in [0.15, 0.2) is 0 Å². The summed E-state index contributed by atoms with van der Waals surface area (Å²) in [4.78, 5) is 13.7. The van der Waals surface area contributed by atoms with Crippen molar-refractivity contribution < 1.29 is 9.53 Å². The minimum Gasteiger partial charge on any atom is -0.378 e. The Kier molecular flexibility index (Phi) is 4.12. The fraction of sp³-hybridized carbons (Fsp3) is 0.467. The summed E-state index contributed by atoms with van der Waals surface area (Å²) in [6.45, 7) is 5.07. The number of morpholine rings is 1. The van der Waals surface area contributed by atoms with E-state index in [1.807, 2.05) is 25.1 Å². The first kappa shape index (κ1) is 14.4. The maximum atomic E-state index is 11.4. The van der Waals surface area contributed by atoms with Crippen LogP contribution in [-0.4, -0.2) is 37.9 Å². The zero-order valence-electron chi connectivity index (χ0n) is 11.9. The van der Waals surface area contributed by atoms with Crippen LogP contribution in [0.25, 0.3) is 0 Å². The number of hydrazone groups is 1. The van der Waals surface area contributed by atoms with Crippen LogP contribution in [0.15, 0.2) is 23.3 Å². The molecule has 0 aliphatic carbocycles. The Labute approximate surface area is 128 Å². The van der Waals surface area contributed by atoms with E-state index in [0.29, 0.717) is 11.4 Å². The Hall–Kier alpha value is -1.59. The molecule has 1 atom stereocenters. The lowest BCUT2D eigenvalue weighted by Crippen LogP contribution is -2.36. The number of carbonyl (C=O) groups is 1. The number of amides is 1. The Balaban J connectivity index is 1.82. The average Bonchev–Trinajstić information content (AvgIpc) is 2.51. The van der Waals surface area contributed by atoms with E-state index in [0.717, 1.165) is 43.3 Å². The fourth-order valence-corrected chi connectivity index (χ4v) is 2.89. The molecule has 0 aromatic heterocycles. The third-order valence-electron chi connectivity index (χ3n) is 3.88. The predicted molar refractivity (Wildman–Crippen MR) is 82.9 cm³/mol. The van der Waals surface area contributed by atoms with E-state index in [2.05, 4.69) is 15.4 Å². The largest absolute Gasteiger partial charge is 0.378 e. The molecule has 3 rings (SSSR count). The molecule has 112 valence electrons. The zero-order chi connectivity index (χ0) is 14.8. The minimum absolute atomic E-state index is 0.0326. The van der Waals surface area contributed by atoms with Gasteiger partial charge >= 0.3 is 0 Å². The number of nitrogens with one attached hydrogen (secondary N) is 1. The van der Waals surface area contributed by atoms with Gasteiger partial charge in [0, 0.05) is 25.4 Å². The molecule has 1 amide bonds. The molecule has 0 spiro atoms. The summed E-state index contributed by atoms with van der Waals surface area (Å²) in [5, 5.41) is 4.85. The number of nitrogens with zero attached hydrogens (tertiary/aromatic N) is 2. The van der Waals surface area contributed by atoms with Crippen molar-refractivity contribution in [3.8, 4) is 0 Å². The van der Waals surface area contributed by atoms with Crippen molar-refractivity contribution in [2.45, 2.75) is 13.3 Å². The van der Waals surface area contributed by atoms with E-state index in [4.69, 9.17) is 16.3 Å². The number of carbonyl (C=O) groups excluding carboxylic acids is 1. The highest BCUT2D eigenvalue weighted by molar-refractivity contribution is 6.33. The third kappa shape index (κ3) is 3.04. The second-order valence-corrected chi connectivity index (χ2v) is 5.81. The quantitative estimate of drug-likeness (QED) is 0.909. The number of hydrogen-bond donors (Lipinski definition) is 1. The molecule has 6 heteroatoms. The number of benzene rings is 1.